The van der Waals surface area contributed by atoms with Crippen LogP contribution in [0, 0.1) is 0 Å². The lowest BCUT2D eigenvalue weighted by Gasteiger charge is -2.25. The fourth-order valence-corrected chi connectivity index (χ4v) is 1.88. The normalized spacial score (nSPS) is 22.8. The van der Waals surface area contributed by atoms with Gasteiger partial charge in [0.05, 0.1) is 7.11 Å². The average Bonchev–Trinajstić information content (AvgIpc) is 2.64. The van der Waals surface area contributed by atoms with Crippen molar-refractivity contribution in [3.63, 3.8) is 0 Å². The number of ether oxygens (including phenoxy) is 3. The first kappa shape index (κ1) is 11.6. The molecule has 90 valence electrons. The van der Waals surface area contributed by atoms with Gasteiger partial charge in [0.15, 0.2) is 5.78 Å². The lowest BCUT2D eigenvalue weighted by Crippen LogP contribution is -2.24. The second-order valence-electron chi connectivity index (χ2n) is 3.69. The second kappa shape index (κ2) is 4.18. The lowest BCUT2D eigenvalue weighted by molar-refractivity contribution is -0.136. The Bertz CT molecular complexity index is 481. The van der Waals surface area contributed by atoms with E-state index in [0.29, 0.717) is 16.7 Å². The third-order valence-electron chi connectivity index (χ3n) is 2.79. The van der Waals surface area contributed by atoms with E-state index in [1.54, 1.807) is 6.92 Å². The van der Waals surface area contributed by atoms with Gasteiger partial charge in [-0.05, 0) is 13.0 Å². The molecule has 0 saturated heterocycles. The number of ketones is 1. The van der Waals surface area contributed by atoms with Crippen molar-refractivity contribution in [2.24, 2.45) is 0 Å². The molecule has 0 aromatic heterocycles. The summed E-state index contributed by atoms with van der Waals surface area (Å²) in [6.45, 7) is 1.68. The van der Waals surface area contributed by atoms with Crippen molar-refractivity contribution in [2.45, 2.75) is 13.2 Å². The molecule has 0 aromatic carbocycles. The Kier molecular flexibility index (Phi) is 2.85. The molecule has 1 aliphatic heterocycles. The van der Waals surface area contributed by atoms with Crippen molar-refractivity contribution in [2.75, 3.05) is 14.2 Å². The lowest BCUT2D eigenvalue weighted by atomic mass is 9.97. The van der Waals surface area contributed by atoms with Crippen LogP contribution in [0.4, 0.5) is 0 Å². The molecule has 2 rings (SSSR count). The predicted octanol–water partition coefficient (Wildman–Crippen LogP) is 0.872. The van der Waals surface area contributed by atoms with Crippen LogP contribution in [-0.4, -0.2) is 32.3 Å². The van der Waals surface area contributed by atoms with E-state index in [1.807, 2.05) is 0 Å². The van der Waals surface area contributed by atoms with E-state index in [4.69, 9.17) is 9.47 Å². The Labute approximate surface area is 98.3 Å². The van der Waals surface area contributed by atoms with Gasteiger partial charge in [0.25, 0.3) is 0 Å². The van der Waals surface area contributed by atoms with Crippen LogP contribution in [0.25, 0.3) is 0 Å². The first-order chi connectivity index (χ1) is 8.10. The summed E-state index contributed by atoms with van der Waals surface area (Å²) in [6, 6.07) is 0. The highest BCUT2D eigenvalue weighted by Gasteiger charge is 2.36. The van der Waals surface area contributed by atoms with Gasteiger partial charge in [0.1, 0.15) is 11.8 Å². The first-order valence-corrected chi connectivity index (χ1v) is 5.04. The Morgan fingerprint density at radius 2 is 2.12 bits per heavy atom. The Morgan fingerprint density at radius 1 is 1.41 bits per heavy atom. The molecule has 0 spiro atoms. The molecule has 5 nitrogen and oxygen atoms in total. The van der Waals surface area contributed by atoms with Crippen molar-refractivity contribution >= 4 is 11.8 Å². The third-order valence-corrected chi connectivity index (χ3v) is 2.79. The number of hydrogen-bond acceptors (Lipinski definition) is 5. The number of rotatable bonds is 2. The van der Waals surface area contributed by atoms with Crippen LogP contribution in [0.3, 0.4) is 0 Å². The summed E-state index contributed by atoms with van der Waals surface area (Å²) >= 11 is 0. The van der Waals surface area contributed by atoms with Crippen LogP contribution < -0.4 is 0 Å². The Hall–Kier alpha value is -1.88. The van der Waals surface area contributed by atoms with Crippen molar-refractivity contribution in [1.29, 1.82) is 0 Å². The van der Waals surface area contributed by atoms with Crippen molar-refractivity contribution < 1.29 is 23.8 Å². The molecule has 5 heteroatoms. The van der Waals surface area contributed by atoms with Gasteiger partial charge < -0.3 is 14.2 Å². The van der Waals surface area contributed by atoms with Crippen LogP contribution in [0.5, 0.6) is 0 Å². The molecule has 2 aliphatic rings. The minimum Gasteiger partial charge on any atom is -0.467 e. The zero-order valence-corrected chi connectivity index (χ0v) is 9.77. The summed E-state index contributed by atoms with van der Waals surface area (Å²) in [6.07, 6.45) is 2.02. The fourth-order valence-electron chi connectivity index (χ4n) is 1.88. The molecule has 0 aromatic rings. The number of hydrogen-bond donors (Lipinski definition) is 0. The number of allylic oxidation sites excluding steroid dienone is 2. The van der Waals surface area contributed by atoms with E-state index < -0.39 is 12.3 Å². The molecule has 0 radical (unpaired) electrons. The number of fused-ring (bicyclic) bond motifs is 1. The summed E-state index contributed by atoms with van der Waals surface area (Å²) in [5.74, 6) is -0.678. The fraction of sp³-hybridized carbons (Fsp3) is 0.333. The maximum Gasteiger partial charge on any atom is 0.341 e. The van der Waals surface area contributed by atoms with E-state index in [9.17, 15) is 9.59 Å². The summed E-state index contributed by atoms with van der Waals surface area (Å²) in [5.41, 5.74) is 1.89. The maximum absolute atomic E-state index is 11.6. The molecule has 1 heterocycles. The van der Waals surface area contributed by atoms with E-state index >= 15 is 0 Å². The number of esters is 1. The second-order valence-corrected chi connectivity index (χ2v) is 3.69. The van der Waals surface area contributed by atoms with Crippen molar-refractivity contribution in [3.05, 3.63) is 34.6 Å². The molecule has 1 atom stereocenters. The van der Waals surface area contributed by atoms with Gasteiger partial charge in [0, 0.05) is 23.8 Å². The Morgan fingerprint density at radius 3 is 2.71 bits per heavy atom. The highest BCUT2D eigenvalue weighted by atomic mass is 16.7. The smallest absolute Gasteiger partial charge is 0.341 e. The van der Waals surface area contributed by atoms with Crippen LogP contribution >= 0.6 is 0 Å². The zero-order chi connectivity index (χ0) is 12.6. The Balaban J connectivity index is 2.51. The number of carbonyl (C=O) groups is 2. The van der Waals surface area contributed by atoms with Crippen LogP contribution in [0.1, 0.15) is 6.92 Å². The number of methoxy groups -OCH3 is 2. The zero-order valence-electron chi connectivity index (χ0n) is 9.77. The van der Waals surface area contributed by atoms with Gasteiger partial charge in [-0.15, -0.1) is 0 Å². The minimum atomic E-state index is -0.652. The molecular weight excluding hydrogens is 224 g/mol. The van der Waals surface area contributed by atoms with Gasteiger partial charge in [0.2, 0.25) is 6.29 Å². The van der Waals surface area contributed by atoms with Gasteiger partial charge in [-0.2, -0.15) is 0 Å². The van der Waals surface area contributed by atoms with Crippen molar-refractivity contribution in [1.82, 2.24) is 0 Å². The van der Waals surface area contributed by atoms with Gasteiger partial charge in [-0.3, -0.25) is 4.79 Å². The highest BCUT2D eigenvalue weighted by molar-refractivity contribution is 6.12. The molecule has 0 fully saturated rings. The third kappa shape index (κ3) is 1.68. The SMILES string of the molecule is COC(=O)C1=CO[C@@H](OC)C2=C(C)C(=O)C=C12. The maximum atomic E-state index is 11.6. The molecule has 0 saturated carbocycles. The van der Waals surface area contributed by atoms with Gasteiger partial charge in [-0.1, -0.05) is 0 Å². The quantitative estimate of drug-likeness (QED) is 0.666. The standard InChI is InChI=1S/C12H12O5/c1-6-9(13)4-7-8(11(14)15-2)5-17-12(16-3)10(6)7/h4-5,12H,1-3H3/t12-/m1/s1. The average molecular weight is 236 g/mol. The molecule has 0 bridgehead atoms. The van der Waals surface area contributed by atoms with E-state index in [1.165, 1.54) is 26.6 Å². The van der Waals surface area contributed by atoms with Crippen molar-refractivity contribution in [3.8, 4) is 0 Å². The monoisotopic (exact) mass is 236 g/mol. The van der Waals surface area contributed by atoms with E-state index in [-0.39, 0.29) is 11.4 Å². The van der Waals surface area contributed by atoms with E-state index in [2.05, 4.69) is 4.74 Å². The van der Waals surface area contributed by atoms with Gasteiger partial charge in [-0.25, -0.2) is 4.79 Å². The summed E-state index contributed by atoms with van der Waals surface area (Å²) in [7, 11) is 2.75. The number of carbonyl (C=O) groups excluding carboxylic acids is 2. The molecular formula is C12H12O5. The summed E-state index contributed by atoms with van der Waals surface area (Å²) in [5, 5.41) is 0. The molecule has 0 N–H and O–H groups in total. The van der Waals surface area contributed by atoms with Crippen LogP contribution in [0.2, 0.25) is 0 Å². The highest BCUT2D eigenvalue weighted by Crippen LogP contribution is 2.37. The summed E-state index contributed by atoms with van der Waals surface area (Å²) in [4.78, 5) is 23.2. The minimum absolute atomic E-state index is 0.141. The largest absolute Gasteiger partial charge is 0.467 e. The predicted molar refractivity (Wildman–Crippen MR) is 57.8 cm³/mol. The van der Waals surface area contributed by atoms with Crippen LogP contribution in [0.15, 0.2) is 34.6 Å². The van der Waals surface area contributed by atoms with E-state index in [0.717, 1.165) is 0 Å². The topological polar surface area (TPSA) is 61.8 Å². The van der Waals surface area contributed by atoms with Gasteiger partial charge >= 0.3 is 5.97 Å². The first-order valence-electron chi connectivity index (χ1n) is 5.04. The molecule has 0 unspecified atom stereocenters. The molecule has 0 amide bonds. The molecule has 17 heavy (non-hydrogen) atoms. The van der Waals surface area contributed by atoms with Crippen LogP contribution in [-0.2, 0) is 23.8 Å². The summed E-state index contributed by atoms with van der Waals surface area (Å²) < 4.78 is 15.0. The molecule has 1 aliphatic carbocycles.